The SMILES string of the molecule is CS(=O)(=O)/C=C/C(Cc1ccccc1)NC(=O)c1cnccn1. The van der Waals surface area contributed by atoms with Crippen molar-refractivity contribution in [3.63, 3.8) is 0 Å². The molecule has 1 amide bonds. The standard InChI is InChI=1S/C16H17N3O3S/c1-23(21,22)10-7-14(11-13-5-3-2-4-6-13)19-16(20)15-12-17-8-9-18-15/h2-10,12,14H,11H2,1H3,(H,19,20)/b10-7+. The van der Waals surface area contributed by atoms with Crippen LogP contribution in [0.2, 0.25) is 0 Å². The predicted octanol–water partition coefficient (Wildman–Crippen LogP) is 1.38. The van der Waals surface area contributed by atoms with Gasteiger partial charge in [-0.1, -0.05) is 36.4 Å². The van der Waals surface area contributed by atoms with Crippen molar-refractivity contribution >= 4 is 15.7 Å². The van der Waals surface area contributed by atoms with Crippen LogP contribution in [0.1, 0.15) is 16.1 Å². The summed E-state index contributed by atoms with van der Waals surface area (Å²) in [5.74, 6) is -0.405. The monoisotopic (exact) mass is 331 g/mol. The van der Waals surface area contributed by atoms with Crippen molar-refractivity contribution < 1.29 is 13.2 Å². The minimum absolute atomic E-state index is 0.179. The van der Waals surface area contributed by atoms with Gasteiger partial charge in [0.2, 0.25) is 0 Å². The summed E-state index contributed by atoms with van der Waals surface area (Å²) in [4.78, 5) is 19.9. The zero-order valence-electron chi connectivity index (χ0n) is 12.6. The van der Waals surface area contributed by atoms with E-state index in [4.69, 9.17) is 0 Å². The minimum Gasteiger partial charge on any atom is -0.344 e. The van der Waals surface area contributed by atoms with Gasteiger partial charge >= 0.3 is 0 Å². The fourth-order valence-corrected chi connectivity index (χ4v) is 2.41. The van der Waals surface area contributed by atoms with Gasteiger partial charge in [0.1, 0.15) is 5.69 Å². The summed E-state index contributed by atoms with van der Waals surface area (Å²) in [6, 6.07) is 9.02. The third-order valence-electron chi connectivity index (χ3n) is 2.97. The van der Waals surface area contributed by atoms with E-state index in [2.05, 4.69) is 15.3 Å². The maximum atomic E-state index is 12.2. The fourth-order valence-electron chi connectivity index (χ4n) is 1.93. The molecule has 23 heavy (non-hydrogen) atoms. The Morgan fingerprint density at radius 2 is 2.00 bits per heavy atom. The van der Waals surface area contributed by atoms with E-state index < -0.39 is 21.8 Å². The number of nitrogens with zero attached hydrogens (tertiary/aromatic N) is 2. The third kappa shape index (κ3) is 5.99. The van der Waals surface area contributed by atoms with E-state index in [9.17, 15) is 13.2 Å². The second-order valence-corrected chi connectivity index (χ2v) is 6.95. The van der Waals surface area contributed by atoms with Crippen LogP contribution in [0.4, 0.5) is 0 Å². The zero-order chi connectivity index (χ0) is 16.7. The molecular formula is C16H17N3O3S. The molecule has 0 radical (unpaired) electrons. The van der Waals surface area contributed by atoms with Crippen LogP contribution in [-0.4, -0.2) is 36.6 Å². The molecule has 1 heterocycles. The number of nitrogens with one attached hydrogen (secondary N) is 1. The Hall–Kier alpha value is -2.54. The van der Waals surface area contributed by atoms with Gasteiger partial charge in [0.15, 0.2) is 9.84 Å². The molecule has 6 nitrogen and oxygen atoms in total. The molecule has 0 saturated carbocycles. The molecule has 120 valence electrons. The molecule has 0 saturated heterocycles. The van der Waals surface area contributed by atoms with Crippen molar-refractivity contribution in [3.8, 4) is 0 Å². The lowest BCUT2D eigenvalue weighted by Gasteiger charge is -2.15. The maximum absolute atomic E-state index is 12.2. The van der Waals surface area contributed by atoms with Gasteiger partial charge in [-0.25, -0.2) is 13.4 Å². The van der Waals surface area contributed by atoms with Crippen LogP contribution in [0.3, 0.4) is 0 Å². The number of carbonyl (C=O) groups is 1. The van der Waals surface area contributed by atoms with Crippen LogP contribution >= 0.6 is 0 Å². The second-order valence-electron chi connectivity index (χ2n) is 5.02. The molecule has 0 aliphatic carbocycles. The summed E-state index contributed by atoms with van der Waals surface area (Å²) < 4.78 is 22.6. The molecule has 1 aromatic heterocycles. The van der Waals surface area contributed by atoms with E-state index in [1.807, 2.05) is 30.3 Å². The van der Waals surface area contributed by atoms with Crippen molar-refractivity contribution in [2.45, 2.75) is 12.5 Å². The first kappa shape index (κ1) is 16.8. The van der Waals surface area contributed by atoms with E-state index in [1.165, 1.54) is 24.7 Å². The van der Waals surface area contributed by atoms with Crippen molar-refractivity contribution in [2.24, 2.45) is 0 Å². The Labute approximate surface area is 135 Å². The van der Waals surface area contributed by atoms with E-state index in [0.29, 0.717) is 6.42 Å². The summed E-state index contributed by atoms with van der Waals surface area (Å²) in [5.41, 5.74) is 1.16. The van der Waals surface area contributed by atoms with Gasteiger partial charge in [0.25, 0.3) is 5.91 Å². The van der Waals surface area contributed by atoms with Gasteiger partial charge in [-0.05, 0) is 12.0 Å². The number of sulfone groups is 1. The first-order valence-corrected chi connectivity index (χ1v) is 8.88. The van der Waals surface area contributed by atoms with Crippen LogP contribution < -0.4 is 5.32 Å². The Balaban J connectivity index is 2.16. The summed E-state index contributed by atoms with van der Waals surface area (Å²) in [5, 5.41) is 3.86. The molecule has 7 heteroatoms. The summed E-state index contributed by atoms with van der Waals surface area (Å²) in [6.07, 6.45) is 7.30. The topological polar surface area (TPSA) is 89.0 Å². The largest absolute Gasteiger partial charge is 0.344 e. The van der Waals surface area contributed by atoms with Crippen molar-refractivity contribution in [3.05, 3.63) is 71.7 Å². The molecule has 2 rings (SSSR count). The van der Waals surface area contributed by atoms with Gasteiger partial charge < -0.3 is 5.32 Å². The molecule has 1 unspecified atom stereocenters. The highest BCUT2D eigenvalue weighted by atomic mass is 32.2. The smallest absolute Gasteiger partial charge is 0.271 e. The van der Waals surface area contributed by atoms with Gasteiger partial charge in [-0.15, -0.1) is 0 Å². The Morgan fingerprint density at radius 1 is 1.26 bits per heavy atom. The summed E-state index contributed by atoms with van der Waals surface area (Å²) in [7, 11) is -3.27. The Kier molecular flexibility index (Phi) is 5.59. The molecule has 1 aromatic carbocycles. The first-order chi connectivity index (χ1) is 10.9. The second kappa shape index (κ2) is 7.64. The van der Waals surface area contributed by atoms with Gasteiger partial charge in [-0.2, -0.15) is 0 Å². The van der Waals surface area contributed by atoms with E-state index in [0.717, 1.165) is 17.2 Å². The van der Waals surface area contributed by atoms with Gasteiger partial charge in [-0.3, -0.25) is 9.78 Å². The number of carbonyl (C=O) groups excluding carboxylic acids is 1. The zero-order valence-corrected chi connectivity index (χ0v) is 13.4. The number of aromatic nitrogens is 2. The molecule has 2 aromatic rings. The van der Waals surface area contributed by atoms with Crippen LogP contribution in [-0.2, 0) is 16.3 Å². The molecule has 1 atom stereocenters. The summed E-state index contributed by atoms with van der Waals surface area (Å²) in [6.45, 7) is 0. The molecule has 0 spiro atoms. The van der Waals surface area contributed by atoms with Crippen LogP contribution in [0, 0.1) is 0 Å². The van der Waals surface area contributed by atoms with E-state index >= 15 is 0 Å². The molecule has 0 aliphatic heterocycles. The number of benzene rings is 1. The maximum Gasteiger partial charge on any atom is 0.271 e. The van der Waals surface area contributed by atoms with E-state index in [-0.39, 0.29) is 5.69 Å². The fraction of sp³-hybridized carbons (Fsp3) is 0.188. The highest BCUT2D eigenvalue weighted by Gasteiger charge is 2.14. The highest BCUT2D eigenvalue weighted by molar-refractivity contribution is 7.93. The van der Waals surface area contributed by atoms with Crippen LogP contribution in [0.5, 0.6) is 0 Å². The Morgan fingerprint density at radius 3 is 2.61 bits per heavy atom. The highest BCUT2D eigenvalue weighted by Crippen LogP contribution is 2.06. The van der Waals surface area contributed by atoms with Crippen LogP contribution in [0.15, 0.2) is 60.4 Å². The molecular weight excluding hydrogens is 314 g/mol. The molecule has 0 bridgehead atoms. The van der Waals surface area contributed by atoms with Crippen LogP contribution in [0.25, 0.3) is 0 Å². The molecule has 0 fully saturated rings. The first-order valence-electron chi connectivity index (χ1n) is 6.93. The van der Waals surface area contributed by atoms with Gasteiger partial charge in [0, 0.05) is 24.1 Å². The average Bonchev–Trinajstić information content (AvgIpc) is 2.54. The van der Waals surface area contributed by atoms with Crippen molar-refractivity contribution in [2.75, 3.05) is 6.26 Å². The third-order valence-corrected chi connectivity index (χ3v) is 3.62. The number of amides is 1. The normalized spacial score (nSPS) is 12.9. The van der Waals surface area contributed by atoms with Crippen molar-refractivity contribution in [1.82, 2.24) is 15.3 Å². The summed E-state index contributed by atoms with van der Waals surface area (Å²) >= 11 is 0. The van der Waals surface area contributed by atoms with Crippen molar-refractivity contribution in [1.29, 1.82) is 0 Å². The predicted molar refractivity (Wildman–Crippen MR) is 87.4 cm³/mol. The molecule has 1 N–H and O–H groups in total. The van der Waals surface area contributed by atoms with E-state index in [1.54, 1.807) is 0 Å². The number of rotatable bonds is 6. The lowest BCUT2D eigenvalue weighted by atomic mass is 10.1. The molecule has 0 aliphatic rings. The van der Waals surface area contributed by atoms with Gasteiger partial charge in [0.05, 0.1) is 12.2 Å². The minimum atomic E-state index is -3.27. The number of hydrogen-bond donors (Lipinski definition) is 1. The quantitative estimate of drug-likeness (QED) is 0.864. The Bertz CT molecular complexity index is 775. The lowest BCUT2D eigenvalue weighted by Crippen LogP contribution is -2.35. The number of hydrogen-bond acceptors (Lipinski definition) is 5. The lowest BCUT2D eigenvalue weighted by molar-refractivity contribution is 0.0939. The average molecular weight is 331 g/mol.